The van der Waals surface area contributed by atoms with Crippen LogP contribution in [0.5, 0.6) is 5.75 Å². The van der Waals surface area contributed by atoms with Crippen molar-refractivity contribution in [3.63, 3.8) is 0 Å². The predicted molar refractivity (Wildman–Crippen MR) is 247 cm³/mol. The molecule has 3 aromatic rings. The van der Waals surface area contributed by atoms with Crippen LogP contribution in [0.3, 0.4) is 0 Å². The normalized spacial score (nSPS) is 13.9. The summed E-state index contributed by atoms with van der Waals surface area (Å²) in [5.41, 5.74) is 24.2. The molecule has 0 unspecified atom stereocenters. The number of guanidine groups is 1. The third-order valence-corrected chi connectivity index (χ3v) is 10.3. The molecule has 0 aliphatic heterocycles. The number of aliphatic hydroxyl groups is 1. The lowest BCUT2D eigenvalue weighted by atomic mass is 10.0. The third-order valence-electron chi connectivity index (χ3n) is 10.3. The Bertz CT molecular complexity index is 2390. The van der Waals surface area contributed by atoms with E-state index in [0.29, 0.717) is 5.56 Å². The number of phenolic OH excluding ortho intramolecular Hbond substituents is 1. The first-order valence-corrected chi connectivity index (χ1v) is 21.6. The molecule has 1 aromatic heterocycles. The van der Waals surface area contributed by atoms with E-state index >= 15 is 0 Å². The van der Waals surface area contributed by atoms with Crippen LogP contribution in [0, 0.1) is 0 Å². The number of primary amides is 1. The fourth-order valence-corrected chi connectivity index (χ4v) is 6.69. The summed E-state index contributed by atoms with van der Waals surface area (Å²) < 4.78 is 0. The summed E-state index contributed by atoms with van der Waals surface area (Å²) >= 11 is 0. The Morgan fingerprint density at radius 2 is 1.27 bits per heavy atom. The van der Waals surface area contributed by atoms with E-state index in [-0.39, 0.29) is 43.9 Å². The van der Waals surface area contributed by atoms with E-state index in [2.05, 4.69) is 47.2 Å². The molecule has 0 aliphatic rings. The van der Waals surface area contributed by atoms with Gasteiger partial charge in [-0.25, -0.2) is 4.79 Å². The fourth-order valence-electron chi connectivity index (χ4n) is 6.69. The highest BCUT2D eigenvalue weighted by Gasteiger charge is 2.34. The van der Waals surface area contributed by atoms with E-state index in [0.717, 1.165) is 23.4 Å². The second-order valence-electron chi connectivity index (χ2n) is 16.0. The highest BCUT2D eigenvalue weighted by molar-refractivity contribution is 5.98. The summed E-state index contributed by atoms with van der Waals surface area (Å²) in [6, 6.07) is 3.29. The molecule has 0 spiro atoms. The molecular formula is C43H59N13O14. The van der Waals surface area contributed by atoms with E-state index in [1.165, 1.54) is 24.3 Å². The Morgan fingerprint density at radius 3 is 1.89 bits per heavy atom. The van der Waals surface area contributed by atoms with E-state index in [1.54, 1.807) is 6.20 Å². The van der Waals surface area contributed by atoms with E-state index < -0.39 is 134 Å². The average molecular weight is 982 g/mol. The van der Waals surface area contributed by atoms with Gasteiger partial charge in [0.15, 0.2) is 5.96 Å². The molecule has 0 saturated heterocycles. The van der Waals surface area contributed by atoms with Crippen molar-refractivity contribution in [1.82, 2.24) is 42.2 Å². The Labute approximate surface area is 399 Å². The Kier molecular flexibility index (Phi) is 22.0. The lowest BCUT2D eigenvalue weighted by Gasteiger charge is -2.26. The Morgan fingerprint density at radius 1 is 0.686 bits per heavy atom. The molecule has 2 aromatic carbocycles. The molecule has 380 valence electrons. The molecular weight excluding hydrogens is 923 g/mol. The van der Waals surface area contributed by atoms with Crippen molar-refractivity contribution in [1.29, 1.82) is 0 Å². The maximum atomic E-state index is 13.5. The van der Waals surface area contributed by atoms with Crippen LogP contribution in [0.1, 0.15) is 50.2 Å². The molecule has 70 heavy (non-hydrogen) atoms. The topological polar surface area (TPSA) is 468 Å². The molecule has 27 heteroatoms. The van der Waals surface area contributed by atoms with Gasteiger partial charge in [-0.1, -0.05) is 30.3 Å². The van der Waals surface area contributed by atoms with Crippen molar-refractivity contribution in [3.05, 3.63) is 65.9 Å². The zero-order valence-electron chi connectivity index (χ0n) is 37.9. The summed E-state index contributed by atoms with van der Waals surface area (Å²) in [7, 11) is 0. The second-order valence-corrected chi connectivity index (χ2v) is 16.0. The molecule has 20 N–H and O–H groups in total. The summed E-state index contributed by atoms with van der Waals surface area (Å²) in [4.78, 5) is 135. The monoisotopic (exact) mass is 981 g/mol. The average Bonchev–Trinajstić information content (AvgIpc) is 3.70. The number of nitrogens with two attached hydrogens (primary N) is 4. The van der Waals surface area contributed by atoms with Gasteiger partial charge in [-0.2, -0.15) is 0 Å². The number of aromatic hydroxyl groups is 1. The number of nitrogens with one attached hydrogen (secondary N) is 8. The Balaban J connectivity index is 1.65. The van der Waals surface area contributed by atoms with Crippen LogP contribution in [-0.2, 0) is 60.8 Å². The number of H-pyrrole nitrogens is 1. The van der Waals surface area contributed by atoms with Gasteiger partial charge in [0.05, 0.1) is 31.7 Å². The number of aliphatic hydroxyl groups excluding tert-OH is 1. The Hall–Kier alpha value is -8.33. The molecule has 0 radical (unpaired) electrons. The number of hydrogen-bond acceptors (Lipinski definition) is 14. The molecule has 0 aliphatic carbocycles. The van der Waals surface area contributed by atoms with Gasteiger partial charge in [0, 0.05) is 36.5 Å². The standard InChI is InChI=1S/C43H59N13O14/c1-21(57)36(41(68)54-30(17-32(45)59)40(67)53-29(12-13-35(62)63)39(66)55-31(42(69)70)15-22-8-10-24(58)11-9-22)56-34(61)20-51-38(65)28(7-4-14-48-43(46)47)52-33(60)19-50-37(64)26(44)16-23-18-49-27-6-3-2-5-25(23)27/h2-3,5-6,8-11,18,21,26,28-31,36,49,57-58H,4,7,12-17,19-20,44H2,1H3,(H2,45,59)(H,50,64)(H,51,65)(H,52,60)(H,53,67)(H,54,68)(H,55,66)(H,56,61)(H,62,63)(H,69,70)(H4,46,47,48)/t21-,26+,28+,29+,30+,31+,36+/m1/s1. The van der Waals surface area contributed by atoms with Crippen molar-refractivity contribution in [3.8, 4) is 5.75 Å². The maximum absolute atomic E-state index is 13.5. The zero-order valence-corrected chi connectivity index (χ0v) is 37.9. The lowest BCUT2D eigenvalue weighted by molar-refractivity contribution is -0.143. The highest BCUT2D eigenvalue weighted by atomic mass is 16.4. The summed E-state index contributed by atoms with van der Waals surface area (Å²) in [5, 5.41) is 55.8. The van der Waals surface area contributed by atoms with Crippen molar-refractivity contribution >= 4 is 76.1 Å². The molecule has 3 rings (SSSR count). The molecule has 0 bridgehead atoms. The number of carbonyl (C=O) groups excluding carboxylic acids is 8. The number of carbonyl (C=O) groups is 10. The van der Waals surface area contributed by atoms with Crippen LogP contribution in [0.25, 0.3) is 10.9 Å². The number of amides is 8. The molecule has 1 heterocycles. The van der Waals surface area contributed by atoms with Crippen LogP contribution in [0.4, 0.5) is 0 Å². The largest absolute Gasteiger partial charge is 0.508 e. The van der Waals surface area contributed by atoms with Gasteiger partial charge < -0.3 is 85.6 Å². The van der Waals surface area contributed by atoms with Gasteiger partial charge in [-0.15, -0.1) is 0 Å². The van der Waals surface area contributed by atoms with Gasteiger partial charge in [0.2, 0.25) is 47.3 Å². The number of aromatic nitrogens is 1. The number of aromatic amines is 1. The summed E-state index contributed by atoms with van der Waals surface area (Å²) in [6.07, 6.45) is -2.24. The minimum atomic E-state index is -1.90. The minimum Gasteiger partial charge on any atom is -0.508 e. The SMILES string of the molecule is C[C@@H](O)[C@H](NC(=O)CNC(=O)[C@H](CCCN=C(N)N)NC(=O)CNC(=O)[C@@H](N)Cc1c[nH]c2ccccc12)C(=O)N[C@@H](CC(N)=O)C(=O)N[C@@H](CCC(=O)O)C(=O)N[C@@H](Cc1ccc(O)cc1)C(=O)O. The lowest BCUT2D eigenvalue weighted by Crippen LogP contribution is -2.60. The van der Waals surface area contributed by atoms with Gasteiger partial charge in [-0.3, -0.25) is 48.1 Å². The minimum absolute atomic E-state index is 0.0469. The maximum Gasteiger partial charge on any atom is 0.326 e. The molecule has 7 atom stereocenters. The van der Waals surface area contributed by atoms with Gasteiger partial charge in [0.1, 0.15) is 36.0 Å². The van der Waals surface area contributed by atoms with Crippen LogP contribution in [0.2, 0.25) is 0 Å². The number of rotatable bonds is 29. The van der Waals surface area contributed by atoms with Crippen molar-refractivity contribution in [2.24, 2.45) is 27.9 Å². The fraction of sp³-hybridized carbons (Fsp3) is 0.419. The first-order valence-electron chi connectivity index (χ1n) is 21.6. The quantitative estimate of drug-likeness (QED) is 0.0176. The number of carboxylic acids is 2. The van der Waals surface area contributed by atoms with Crippen LogP contribution in [-0.4, -0.2) is 153 Å². The van der Waals surface area contributed by atoms with Crippen molar-refractivity contribution < 1.29 is 68.4 Å². The third kappa shape index (κ3) is 19.1. The number of carboxylic acid groups (broad SMARTS) is 2. The van der Waals surface area contributed by atoms with E-state index in [4.69, 9.17) is 22.9 Å². The van der Waals surface area contributed by atoms with Crippen molar-refractivity contribution in [2.75, 3.05) is 19.6 Å². The number of fused-ring (bicyclic) bond motifs is 1. The first-order chi connectivity index (χ1) is 33.0. The number of benzene rings is 2. The van der Waals surface area contributed by atoms with E-state index in [1.807, 2.05) is 24.3 Å². The zero-order chi connectivity index (χ0) is 52.1. The van der Waals surface area contributed by atoms with E-state index in [9.17, 15) is 68.4 Å². The van der Waals surface area contributed by atoms with Gasteiger partial charge in [-0.05, 0) is 61.9 Å². The number of para-hydroxylation sites is 1. The first kappa shape index (κ1) is 56.0. The van der Waals surface area contributed by atoms with Crippen LogP contribution in [0.15, 0.2) is 59.7 Å². The van der Waals surface area contributed by atoms with Crippen LogP contribution < -0.4 is 60.2 Å². The van der Waals surface area contributed by atoms with Gasteiger partial charge >= 0.3 is 11.9 Å². The number of nitrogens with zero attached hydrogens (tertiary/aromatic N) is 1. The highest BCUT2D eigenvalue weighted by Crippen LogP contribution is 2.19. The molecule has 27 nitrogen and oxygen atoms in total. The number of hydrogen-bond donors (Lipinski definition) is 16. The molecule has 8 amide bonds. The predicted octanol–water partition coefficient (Wildman–Crippen LogP) is -5.10. The summed E-state index contributed by atoms with van der Waals surface area (Å²) in [5.74, 6) is -11.5. The smallest absolute Gasteiger partial charge is 0.326 e. The number of phenols is 1. The van der Waals surface area contributed by atoms with Crippen molar-refractivity contribution in [2.45, 2.75) is 94.2 Å². The second kappa shape index (κ2) is 27.5. The van der Waals surface area contributed by atoms with Gasteiger partial charge in [0.25, 0.3) is 0 Å². The van der Waals surface area contributed by atoms with Crippen LogP contribution >= 0.6 is 0 Å². The molecule has 0 saturated carbocycles. The summed E-state index contributed by atoms with van der Waals surface area (Å²) in [6.45, 7) is -0.302. The number of aliphatic imine (C=N–C) groups is 1. The number of aliphatic carboxylic acids is 2. The molecule has 0 fully saturated rings.